The zero-order valence-electron chi connectivity index (χ0n) is 9.84. The van der Waals surface area contributed by atoms with Gasteiger partial charge < -0.3 is 14.8 Å². The third kappa shape index (κ3) is 6.74. The summed E-state index contributed by atoms with van der Waals surface area (Å²) < 4.78 is 10.3. The van der Waals surface area contributed by atoms with Crippen LogP contribution in [0.2, 0.25) is 10.0 Å². The Balaban J connectivity index is 2.13. The van der Waals surface area contributed by atoms with E-state index >= 15 is 0 Å². The lowest BCUT2D eigenvalue weighted by Crippen LogP contribution is -2.10. The second-order valence-corrected chi connectivity index (χ2v) is 4.42. The van der Waals surface area contributed by atoms with Gasteiger partial charge in [-0.15, -0.1) is 0 Å². The monoisotopic (exact) mass is 277 g/mol. The van der Waals surface area contributed by atoms with Crippen LogP contribution < -0.4 is 5.32 Å². The fourth-order valence-corrected chi connectivity index (χ4v) is 1.86. The van der Waals surface area contributed by atoms with Crippen molar-refractivity contribution in [3.63, 3.8) is 0 Å². The fraction of sp³-hybridized carbons (Fsp3) is 0.500. The quantitative estimate of drug-likeness (QED) is 0.739. The molecule has 0 atom stereocenters. The number of anilines is 1. The second-order valence-electron chi connectivity index (χ2n) is 3.54. The molecule has 0 amide bonds. The minimum absolute atomic E-state index is 0.626. The molecule has 1 N–H and O–H groups in total. The summed E-state index contributed by atoms with van der Waals surface area (Å²) >= 11 is 11.8. The Morgan fingerprint density at radius 2 is 1.76 bits per heavy atom. The zero-order valence-corrected chi connectivity index (χ0v) is 11.4. The van der Waals surface area contributed by atoms with Gasteiger partial charge in [-0.2, -0.15) is 0 Å². The normalized spacial score (nSPS) is 10.5. The highest BCUT2D eigenvalue weighted by molar-refractivity contribution is 6.35. The van der Waals surface area contributed by atoms with Crippen molar-refractivity contribution in [3.05, 3.63) is 28.2 Å². The summed E-state index contributed by atoms with van der Waals surface area (Å²) in [7, 11) is 1.68. The predicted octanol–water partition coefficient (Wildman–Crippen LogP) is 3.46. The standard InChI is InChI=1S/C12H17Cl2NO2/c1-16-4-2-5-17-6-3-15-12-8-10(13)7-11(14)9-12/h7-9,15H,2-6H2,1H3. The van der Waals surface area contributed by atoms with Crippen LogP contribution in [0.25, 0.3) is 0 Å². The maximum Gasteiger partial charge on any atom is 0.0639 e. The smallest absolute Gasteiger partial charge is 0.0639 e. The minimum atomic E-state index is 0.626. The highest BCUT2D eigenvalue weighted by atomic mass is 35.5. The van der Waals surface area contributed by atoms with Crippen molar-refractivity contribution >= 4 is 28.9 Å². The topological polar surface area (TPSA) is 30.5 Å². The molecule has 0 aliphatic carbocycles. The van der Waals surface area contributed by atoms with Crippen LogP contribution in [-0.4, -0.2) is 33.5 Å². The van der Waals surface area contributed by atoms with Crippen molar-refractivity contribution in [2.24, 2.45) is 0 Å². The summed E-state index contributed by atoms with van der Waals surface area (Å²) in [5.41, 5.74) is 0.906. The van der Waals surface area contributed by atoms with Gasteiger partial charge >= 0.3 is 0 Å². The molecule has 3 nitrogen and oxygen atoms in total. The van der Waals surface area contributed by atoms with Crippen LogP contribution in [0.15, 0.2) is 18.2 Å². The van der Waals surface area contributed by atoms with Gasteiger partial charge in [-0.05, 0) is 24.6 Å². The summed E-state index contributed by atoms with van der Waals surface area (Å²) in [6.45, 7) is 2.82. The van der Waals surface area contributed by atoms with E-state index in [1.165, 1.54) is 0 Å². The first-order valence-corrected chi connectivity index (χ1v) is 6.24. The van der Waals surface area contributed by atoms with Gasteiger partial charge in [-0.1, -0.05) is 23.2 Å². The van der Waals surface area contributed by atoms with Gasteiger partial charge in [0.1, 0.15) is 0 Å². The van der Waals surface area contributed by atoms with E-state index in [9.17, 15) is 0 Å². The maximum atomic E-state index is 5.88. The zero-order chi connectivity index (χ0) is 12.5. The van der Waals surface area contributed by atoms with Crippen LogP contribution in [0.5, 0.6) is 0 Å². The van der Waals surface area contributed by atoms with Gasteiger partial charge in [0.15, 0.2) is 0 Å². The summed E-state index contributed by atoms with van der Waals surface area (Å²) in [5, 5.41) is 4.44. The lowest BCUT2D eigenvalue weighted by molar-refractivity contribution is 0.109. The summed E-state index contributed by atoms with van der Waals surface area (Å²) in [5.74, 6) is 0. The average molecular weight is 278 g/mol. The number of nitrogens with one attached hydrogen (secondary N) is 1. The van der Waals surface area contributed by atoms with Crippen LogP contribution >= 0.6 is 23.2 Å². The molecule has 0 heterocycles. The fourth-order valence-electron chi connectivity index (χ4n) is 1.33. The Hall–Kier alpha value is -0.480. The first-order valence-electron chi connectivity index (χ1n) is 5.49. The van der Waals surface area contributed by atoms with E-state index in [-0.39, 0.29) is 0 Å². The number of rotatable bonds is 8. The molecule has 0 aliphatic rings. The van der Waals surface area contributed by atoms with Crippen LogP contribution in [0.4, 0.5) is 5.69 Å². The molecule has 1 rings (SSSR count). The predicted molar refractivity (Wildman–Crippen MR) is 72.3 cm³/mol. The Kier molecular flexibility index (Phi) is 7.37. The SMILES string of the molecule is COCCCOCCNc1cc(Cl)cc(Cl)c1. The largest absolute Gasteiger partial charge is 0.385 e. The van der Waals surface area contributed by atoms with Gasteiger partial charge in [-0.3, -0.25) is 0 Å². The lowest BCUT2D eigenvalue weighted by Gasteiger charge is -2.08. The Labute approximate surface area is 112 Å². The molecule has 17 heavy (non-hydrogen) atoms. The summed E-state index contributed by atoms with van der Waals surface area (Å²) in [6.07, 6.45) is 0.916. The number of methoxy groups -OCH3 is 1. The molecule has 0 aliphatic heterocycles. The van der Waals surface area contributed by atoms with Gasteiger partial charge in [0.2, 0.25) is 0 Å². The molecule has 1 aromatic carbocycles. The molecule has 0 saturated heterocycles. The Morgan fingerprint density at radius 1 is 1.06 bits per heavy atom. The second kappa shape index (κ2) is 8.59. The van der Waals surface area contributed by atoms with Crippen molar-refractivity contribution < 1.29 is 9.47 Å². The molecule has 1 aromatic rings. The number of hydrogen-bond acceptors (Lipinski definition) is 3. The third-order valence-corrected chi connectivity index (χ3v) is 2.51. The number of ether oxygens (including phenoxy) is 2. The number of benzene rings is 1. The molecule has 0 bridgehead atoms. The Morgan fingerprint density at radius 3 is 2.41 bits per heavy atom. The van der Waals surface area contributed by atoms with Gasteiger partial charge in [0.25, 0.3) is 0 Å². The van der Waals surface area contributed by atoms with Crippen molar-refractivity contribution in [2.75, 3.05) is 38.8 Å². The van der Waals surface area contributed by atoms with E-state index in [2.05, 4.69) is 5.32 Å². The van der Waals surface area contributed by atoms with E-state index in [1.807, 2.05) is 12.1 Å². The van der Waals surface area contributed by atoms with E-state index in [0.717, 1.165) is 25.3 Å². The first-order chi connectivity index (χ1) is 8.22. The van der Waals surface area contributed by atoms with E-state index in [1.54, 1.807) is 13.2 Å². The number of hydrogen-bond donors (Lipinski definition) is 1. The molecule has 0 spiro atoms. The lowest BCUT2D eigenvalue weighted by atomic mass is 10.3. The molecule has 5 heteroatoms. The highest BCUT2D eigenvalue weighted by Crippen LogP contribution is 2.22. The van der Waals surface area contributed by atoms with Crippen LogP contribution in [-0.2, 0) is 9.47 Å². The summed E-state index contributed by atoms with van der Waals surface area (Å²) in [4.78, 5) is 0. The van der Waals surface area contributed by atoms with Crippen LogP contribution in [0.3, 0.4) is 0 Å². The van der Waals surface area contributed by atoms with Crippen LogP contribution in [0, 0.1) is 0 Å². The van der Waals surface area contributed by atoms with Gasteiger partial charge in [-0.25, -0.2) is 0 Å². The van der Waals surface area contributed by atoms with Crippen LogP contribution in [0.1, 0.15) is 6.42 Å². The molecule has 0 radical (unpaired) electrons. The van der Waals surface area contributed by atoms with Crippen molar-refractivity contribution in [3.8, 4) is 0 Å². The van der Waals surface area contributed by atoms with Crippen molar-refractivity contribution in [1.29, 1.82) is 0 Å². The molecular weight excluding hydrogens is 261 g/mol. The molecule has 96 valence electrons. The summed E-state index contributed by atoms with van der Waals surface area (Å²) in [6, 6.07) is 5.37. The first kappa shape index (κ1) is 14.6. The minimum Gasteiger partial charge on any atom is -0.385 e. The van der Waals surface area contributed by atoms with Crippen molar-refractivity contribution in [2.45, 2.75) is 6.42 Å². The van der Waals surface area contributed by atoms with Crippen molar-refractivity contribution in [1.82, 2.24) is 0 Å². The molecule has 0 saturated carbocycles. The van der Waals surface area contributed by atoms with E-state index in [4.69, 9.17) is 32.7 Å². The molecule has 0 fully saturated rings. The highest BCUT2D eigenvalue weighted by Gasteiger charge is 1.97. The Bertz CT molecular complexity index is 314. The maximum absolute atomic E-state index is 5.88. The van der Waals surface area contributed by atoms with Gasteiger partial charge in [0, 0.05) is 42.6 Å². The molecule has 0 aromatic heterocycles. The van der Waals surface area contributed by atoms with E-state index < -0.39 is 0 Å². The average Bonchev–Trinajstić information content (AvgIpc) is 2.26. The number of halogens is 2. The third-order valence-electron chi connectivity index (χ3n) is 2.08. The molecular formula is C12H17Cl2NO2. The van der Waals surface area contributed by atoms with Gasteiger partial charge in [0.05, 0.1) is 6.61 Å². The molecule has 0 unspecified atom stereocenters. The van der Waals surface area contributed by atoms with E-state index in [0.29, 0.717) is 23.3 Å².